The van der Waals surface area contributed by atoms with Gasteiger partial charge in [-0.1, -0.05) is 37.3 Å². The Hall–Kier alpha value is -3.41. The number of anilines is 2. The molecule has 0 fully saturated rings. The van der Waals surface area contributed by atoms with E-state index in [4.69, 9.17) is 4.74 Å². The van der Waals surface area contributed by atoms with Gasteiger partial charge >= 0.3 is 0 Å². The Morgan fingerprint density at radius 1 is 1.04 bits per heavy atom. The second-order valence-electron chi connectivity index (χ2n) is 5.99. The molecule has 1 atom stereocenters. The zero-order valence-corrected chi connectivity index (χ0v) is 15.3. The van der Waals surface area contributed by atoms with Crippen LogP contribution < -0.4 is 15.4 Å². The average Bonchev–Trinajstić information content (AvgIpc) is 2.73. The van der Waals surface area contributed by atoms with Crippen molar-refractivity contribution in [2.24, 2.45) is 0 Å². The summed E-state index contributed by atoms with van der Waals surface area (Å²) in [6.45, 7) is 2.03. The number of nitrogens with one attached hydrogen (secondary N) is 2. The van der Waals surface area contributed by atoms with Crippen molar-refractivity contribution in [1.82, 2.24) is 15.3 Å². The van der Waals surface area contributed by atoms with E-state index < -0.39 is 0 Å². The van der Waals surface area contributed by atoms with Crippen LogP contribution in [0, 0.1) is 0 Å². The minimum Gasteiger partial charge on any atom is -0.497 e. The van der Waals surface area contributed by atoms with E-state index in [2.05, 4.69) is 20.6 Å². The second kappa shape index (κ2) is 8.80. The SMILES string of the molecule is CC[C@H](NC(=O)c1cnc(Nc2ccccc2)nc1)c1ccc(OC)cc1. The fourth-order valence-corrected chi connectivity index (χ4v) is 2.66. The van der Waals surface area contributed by atoms with Crippen LogP contribution in [0.2, 0.25) is 0 Å². The van der Waals surface area contributed by atoms with Gasteiger partial charge in [0, 0.05) is 18.1 Å². The lowest BCUT2D eigenvalue weighted by molar-refractivity contribution is 0.0935. The topological polar surface area (TPSA) is 76.1 Å². The molecule has 0 radical (unpaired) electrons. The van der Waals surface area contributed by atoms with Crippen LogP contribution in [0.4, 0.5) is 11.6 Å². The van der Waals surface area contributed by atoms with Gasteiger partial charge in [0.05, 0.1) is 18.7 Å². The predicted molar refractivity (Wildman–Crippen MR) is 105 cm³/mol. The molecule has 0 spiro atoms. The number of benzene rings is 2. The number of rotatable bonds is 7. The number of ether oxygens (including phenoxy) is 1. The number of carbonyl (C=O) groups is 1. The van der Waals surface area contributed by atoms with E-state index in [0.717, 1.165) is 23.4 Å². The summed E-state index contributed by atoms with van der Waals surface area (Å²) in [5.41, 5.74) is 2.33. The van der Waals surface area contributed by atoms with Crippen molar-refractivity contribution >= 4 is 17.5 Å². The monoisotopic (exact) mass is 362 g/mol. The molecule has 1 aromatic heterocycles. The van der Waals surface area contributed by atoms with E-state index in [-0.39, 0.29) is 11.9 Å². The zero-order valence-electron chi connectivity index (χ0n) is 15.3. The molecular formula is C21H22N4O2. The number of carbonyl (C=O) groups excluding carboxylic acids is 1. The summed E-state index contributed by atoms with van der Waals surface area (Å²) in [5.74, 6) is 1.03. The number of hydrogen-bond donors (Lipinski definition) is 2. The Morgan fingerprint density at radius 3 is 2.30 bits per heavy atom. The first-order chi connectivity index (χ1) is 13.2. The first-order valence-corrected chi connectivity index (χ1v) is 8.78. The van der Waals surface area contributed by atoms with E-state index in [0.29, 0.717) is 11.5 Å². The Balaban J connectivity index is 1.65. The van der Waals surface area contributed by atoms with Gasteiger partial charge in [0.2, 0.25) is 5.95 Å². The van der Waals surface area contributed by atoms with Crippen molar-refractivity contribution in [3.63, 3.8) is 0 Å². The van der Waals surface area contributed by atoms with Crippen LogP contribution in [-0.4, -0.2) is 23.0 Å². The molecule has 6 heteroatoms. The standard InChI is InChI=1S/C21H22N4O2/c1-3-19(15-9-11-18(27-2)12-10-15)25-20(26)16-13-22-21(23-14-16)24-17-7-5-4-6-8-17/h4-14,19H,3H2,1-2H3,(H,25,26)(H,22,23,24)/t19-/m0/s1. The summed E-state index contributed by atoms with van der Waals surface area (Å²) < 4.78 is 5.18. The van der Waals surface area contributed by atoms with Crippen LogP contribution in [0.5, 0.6) is 5.75 Å². The van der Waals surface area contributed by atoms with Crippen LogP contribution in [0.25, 0.3) is 0 Å². The molecule has 0 saturated heterocycles. The van der Waals surface area contributed by atoms with Crippen molar-refractivity contribution in [3.05, 3.63) is 78.1 Å². The van der Waals surface area contributed by atoms with E-state index in [1.165, 1.54) is 12.4 Å². The highest BCUT2D eigenvalue weighted by Crippen LogP contribution is 2.20. The summed E-state index contributed by atoms with van der Waals surface area (Å²) in [4.78, 5) is 21.0. The Bertz CT molecular complexity index is 865. The molecule has 27 heavy (non-hydrogen) atoms. The quantitative estimate of drug-likeness (QED) is 0.661. The van der Waals surface area contributed by atoms with Gasteiger partial charge in [-0.2, -0.15) is 0 Å². The molecule has 2 N–H and O–H groups in total. The number of nitrogens with zero attached hydrogens (tertiary/aromatic N) is 2. The minimum atomic E-state index is -0.205. The van der Waals surface area contributed by atoms with Crippen LogP contribution in [-0.2, 0) is 0 Å². The van der Waals surface area contributed by atoms with Gasteiger partial charge in [0.1, 0.15) is 5.75 Å². The van der Waals surface area contributed by atoms with Crippen molar-refractivity contribution in [2.45, 2.75) is 19.4 Å². The summed E-state index contributed by atoms with van der Waals surface area (Å²) in [6.07, 6.45) is 3.81. The van der Waals surface area contributed by atoms with E-state index in [9.17, 15) is 4.79 Å². The molecule has 0 aliphatic rings. The summed E-state index contributed by atoms with van der Waals surface area (Å²) in [7, 11) is 1.63. The summed E-state index contributed by atoms with van der Waals surface area (Å²) in [5, 5.41) is 6.12. The van der Waals surface area contributed by atoms with Crippen molar-refractivity contribution in [1.29, 1.82) is 0 Å². The lowest BCUT2D eigenvalue weighted by Gasteiger charge is -2.17. The fourth-order valence-electron chi connectivity index (χ4n) is 2.66. The molecule has 1 amide bonds. The molecule has 0 aliphatic carbocycles. The lowest BCUT2D eigenvalue weighted by atomic mass is 10.0. The Labute approximate surface area is 158 Å². The minimum absolute atomic E-state index is 0.0921. The normalized spacial score (nSPS) is 11.5. The van der Waals surface area contributed by atoms with Gasteiger partial charge in [0.15, 0.2) is 0 Å². The number of methoxy groups -OCH3 is 1. The maximum Gasteiger partial charge on any atom is 0.254 e. The Morgan fingerprint density at radius 2 is 1.70 bits per heavy atom. The average molecular weight is 362 g/mol. The third kappa shape index (κ3) is 4.82. The van der Waals surface area contributed by atoms with Crippen molar-refractivity contribution in [2.75, 3.05) is 12.4 Å². The van der Waals surface area contributed by atoms with Gasteiger partial charge in [-0.15, -0.1) is 0 Å². The molecule has 6 nitrogen and oxygen atoms in total. The maximum atomic E-state index is 12.5. The molecular weight excluding hydrogens is 340 g/mol. The van der Waals surface area contributed by atoms with Gasteiger partial charge in [-0.05, 0) is 36.2 Å². The first-order valence-electron chi connectivity index (χ1n) is 8.78. The first kappa shape index (κ1) is 18.4. The van der Waals surface area contributed by atoms with E-state index >= 15 is 0 Å². The van der Waals surface area contributed by atoms with Crippen LogP contribution in [0.3, 0.4) is 0 Å². The molecule has 3 aromatic rings. The van der Waals surface area contributed by atoms with Crippen LogP contribution in [0.1, 0.15) is 35.3 Å². The molecule has 2 aromatic carbocycles. The van der Waals surface area contributed by atoms with Gasteiger partial charge in [0.25, 0.3) is 5.91 Å². The van der Waals surface area contributed by atoms with Gasteiger partial charge in [-0.3, -0.25) is 4.79 Å². The molecule has 1 heterocycles. The molecule has 0 unspecified atom stereocenters. The smallest absolute Gasteiger partial charge is 0.254 e. The molecule has 3 rings (SSSR count). The van der Waals surface area contributed by atoms with E-state index in [1.54, 1.807) is 7.11 Å². The van der Waals surface area contributed by atoms with Crippen LogP contribution in [0.15, 0.2) is 67.0 Å². The highest BCUT2D eigenvalue weighted by atomic mass is 16.5. The Kier molecular flexibility index (Phi) is 5.99. The van der Waals surface area contributed by atoms with Gasteiger partial charge < -0.3 is 15.4 Å². The largest absolute Gasteiger partial charge is 0.497 e. The van der Waals surface area contributed by atoms with Crippen LogP contribution >= 0.6 is 0 Å². The maximum absolute atomic E-state index is 12.5. The lowest BCUT2D eigenvalue weighted by Crippen LogP contribution is -2.28. The van der Waals surface area contributed by atoms with E-state index in [1.807, 2.05) is 61.5 Å². The summed E-state index contributed by atoms with van der Waals surface area (Å²) >= 11 is 0. The summed E-state index contributed by atoms with van der Waals surface area (Å²) in [6, 6.07) is 17.2. The molecule has 0 saturated carbocycles. The second-order valence-corrected chi connectivity index (χ2v) is 5.99. The number of aromatic nitrogens is 2. The fraction of sp³-hybridized carbons (Fsp3) is 0.190. The number of amides is 1. The van der Waals surface area contributed by atoms with Crippen molar-refractivity contribution in [3.8, 4) is 5.75 Å². The highest BCUT2D eigenvalue weighted by molar-refractivity contribution is 5.94. The highest BCUT2D eigenvalue weighted by Gasteiger charge is 2.15. The number of hydrogen-bond acceptors (Lipinski definition) is 5. The molecule has 0 bridgehead atoms. The van der Waals surface area contributed by atoms with Gasteiger partial charge in [-0.25, -0.2) is 9.97 Å². The molecule has 0 aliphatic heterocycles. The third-order valence-electron chi connectivity index (χ3n) is 4.18. The number of para-hydroxylation sites is 1. The third-order valence-corrected chi connectivity index (χ3v) is 4.18. The zero-order chi connectivity index (χ0) is 19.1. The molecule has 138 valence electrons. The predicted octanol–water partition coefficient (Wildman–Crippen LogP) is 4.11. The van der Waals surface area contributed by atoms with Crippen molar-refractivity contribution < 1.29 is 9.53 Å².